The molecule has 0 radical (unpaired) electrons. The highest BCUT2D eigenvalue weighted by Crippen LogP contribution is 2.48. The van der Waals surface area contributed by atoms with E-state index < -0.39 is 5.54 Å². The van der Waals surface area contributed by atoms with Crippen molar-refractivity contribution in [3.05, 3.63) is 40.6 Å². The summed E-state index contributed by atoms with van der Waals surface area (Å²) in [5.74, 6) is -0.210. The quantitative estimate of drug-likeness (QED) is 0.815. The van der Waals surface area contributed by atoms with E-state index in [-0.39, 0.29) is 24.6 Å². The summed E-state index contributed by atoms with van der Waals surface area (Å²) in [4.78, 5) is 18.9. The van der Waals surface area contributed by atoms with E-state index in [1.54, 1.807) is 7.11 Å². The third kappa shape index (κ3) is 2.92. The molecule has 1 saturated carbocycles. The molecule has 2 aliphatic rings. The van der Waals surface area contributed by atoms with Crippen LogP contribution in [-0.4, -0.2) is 48.7 Å². The maximum atomic E-state index is 13.2. The number of hydroxylamine groups is 2. The van der Waals surface area contributed by atoms with Crippen LogP contribution >= 0.6 is 0 Å². The number of carbonyl (C=O) groups is 1. The van der Waals surface area contributed by atoms with Gasteiger partial charge in [-0.2, -0.15) is 0 Å². The monoisotopic (exact) mass is 361 g/mol. The standard InChI is InChI=1S/C20H27NO5/c1-13-6-5-7-14(2)16(13)17-18(22)20(10-8-15(25-4)9-11-20)21(19(17)23)26-12-24-3/h5-7,15,22H,8-12H2,1-4H3. The lowest BCUT2D eigenvalue weighted by atomic mass is 9.78. The molecule has 1 N–H and O–H groups in total. The second kappa shape index (κ2) is 7.39. The number of benzene rings is 1. The summed E-state index contributed by atoms with van der Waals surface area (Å²) >= 11 is 0. The maximum absolute atomic E-state index is 13.2. The number of aliphatic hydroxyl groups excluding tert-OH is 1. The Bertz CT molecular complexity index is 699. The van der Waals surface area contributed by atoms with Gasteiger partial charge >= 0.3 is 0 Å². The molecule has 1 heterocycles. The van der Waals surface area contributed by atoms with Crippen molar-refractivity contribution in [3.63, 3.8) is 0 Å². The molecule has 0 unspecified atom stereocenters. The smallest absolute Gasteiger partial charge is 0.282 e. The van der Waals surface area contributed by atoms with Crippen molar-refractivity contribution in [2.24, 2.45) is 0 Å². The fourth-order valence-corrected chi connectivity index (χ4v) is 4.19. The summed E-state index contributed by atoms with van der Waals surface area (Å²) in [5.41, 5.74) is 2.18. The predicted molar refractivity (Wildman–Crippen MR) is 97.3 cm³/mol. The van der Waals surface area contributed by atoms with Gasteiger partial charge in [-0.15, -0.1) is 0 Å². The van der Waals surface area contributed by atoms with Crippen molar-refractivity contribution in [3.8, 4) is 0 Å². The van der Waals surface area contributed by atoms with Crippen LogP contribution in [0.5, 0.6) is 0 Å². The van der Waals surface area contributed by atoms with Crippen molar-refractivity contribution < 1.29 is 24.2 Å². The Morgan fingerprint density at radius 1 is 1.19 bits per heavy atom. The number of nitrogens with zero attached hydrogens (tertiary/aromatic N) is 1. The summed E-state index contributed by atoms with van der Waals surface area (Å²) in [6, 6.07) is 5.84. The third-order valence-electron chi connectivity index (χ3n) is 5.59. The van der Waals surface area contributed by atoms with Crippen molar-refractivity contribution in [1.82, 2.24) is 5.06 Å². The Morgan fingerprint density at radius 2 is 1.81 bits per heavy atom. The molecule has 0 atom stereocenters. The van der Waals surface area contributed by atoms with E-state index in [4.69, 9.17) is 14.3 Å². The number of rotatable bonds is 5. The number of amides is 1. The minimum absolute atomic E-state index is 0.0471. The number of ether oxygens (including phenoxy) is 2. The first-order valence-electron chi connectivity index (χ1n) is 8.95. The van der Waals surface area contributed by atoms with E-state index in [9.17, 15) is 9.90 Å². The molecule has 6 nitrogen and oxygen atoms in total. The topological polar surface area (TPSA) is 68.2 Å². The van der Waals surface area contributed by atoms with Crippen LogP contribution in [0.1, 0.15) is 42.4 Å². The summed E-state index contributed by atoms with van der Waals surface area (Å²) in [7, 11) is 3.20. The van der Waals surface area contributed by atoms with Crippen molar-refractivity contribution >= 4 is 11.5 Å². The number of aryl methyl sites for hydroxylation is 2. The van der Waals surface area contributed by atoms with Crippen molar-refractivity contribution in [2.75, 3.05) is 21.0 Å². The average molecular weight is 361 g/mol. The van der Waals surface area contributed by atoms with Gasteiger partial charge in [0.2, 0.25) is 0 Å². The molecule has 0 saturated heterocycles. The van der Waals surface area contributed by atoms with Crippen LogP contribution in [0.15, 0.2) is 24.0 Å². The maximum Gasteiger partial charge on any atom is 0.282 e. The Hall–Kier alpha value is -1.89. The lowest BCUT2D eigenvalue weighted by Gasteiger charge is -2.41. The van der Waals surface area contributed by atoms with Gasteiger partial charge in [-0.25, -0.2) is 9.90 Å². The highest BCUT2D eigenvalue weighted by molar-refractivity contribution is 6.23. The lowest BCUT2D eigenvalue weighted by Crippen LogP contribution is -2.51. The molecule has 1 aromatic rings. The van der Waals surface area contributed by atoms with Crippen LogP contribution < -0.4 is 0 Å². The second-order valence-electron chi connectivity index (χ2n) is 7.09. The average Bonchev–Trinajstić information content (AvgIpc) is 2.82. The normalized spacial score (nSPS) is 26.2. The van der Waals surface area contributed by atoms with Gasteiger partial charge in [0.1, 0.15) is 11.3 Å². The lowest BCUT2D eigenvalue weighted by molar-refractivity contribution is -0.250. The van der Waals surface area contributed by atoms with Crippen LogP contribution in [0, 0.1) is 13.8 Å². The van der Waals surface area contributed by atoms with Gasteiger partial charge in [0, 0.05) is 14.2 Å². The van der Waals surface area contributed by atoms with Crippen molar-refractivity contribution in [2.45, 2.75) is 51.2 Å². The highest BCUT2D eigenvalue weighted by atomic mass is 16.8. The summed E-state index contributed by atoms with van der Waals surface area (Å²) in [6.07, 6.45) is 2.81. The van der Waals surface area contributed by atoms with Gasteiger partial charge in [-0.05, 0) is 56.2 Å². The molecule has 1 spiro atoms. The SMILES string of the molecule is COCON1C(=O)C(c2c(C)cccc2C)=C(O)C12CCC(OC)CC2. The number of hydrogen-bond donors (Lipinski definition) is 1. The molecule has 6 heteroatoms. The zero-order chi connectivity index (χ0) is 18.9. The first-order valence-corrected chi connectivity index (χ1v) is 8.95. The highest BCUT2D eigenvalue weighted by Gasteiger charge is 2.55. The Kier molecular flexibility index (Phi) is 5.37. The number of carbonyl (C=O) groups excluding carboxylic acids is 1. The van der Waals surface area contributed by atoms with E-state index in [0.717, 1.165) is 29.5 Å². The van der Waals surface area contributed by atoms with Gasteiger partial charge in [-0.1, -0.05) is 18.2 Å². The summed E-state index contributed by atoms with van der Waals surface area (Å²) < 4.78 is 10.5. The van der Waals surface area contributed by atoms with Gasteiger partial charge in [0.15, 0.2) is 6.79 Å². The van der Waals surface area contributed by atoms with Gasteiger partial charge in [0.05, 0.1) is 11.7 Å². The molecule has 1 aliphatic carbocycles. The molecule has 1 amide bonds. The summed E-state index contributed by atoms with van der Waals surface area (Å²) in [6.45, 7) is 3.85. The zero-order valence-corrected chi connectivity index (χ0v) is 15.9. The number of methoxy groups -OCH3 is 2. The van der Waals surface area contributed by atoms with E-state index in [1.165, 1.54) is 12.2 Å². The van der Waals surface area contributed by atoms with Crippen molar-refractivity contribution in [1.29, 1.82) is 0 Å². The molecule has 0 aromatic heterocycles. The fourth-order valence-electron chi connectivity index (χ4n) is 4.19. The number of hydrogen-bond acceptors (Lipinski definition) is 5. The van der Waals surface area contributed by atoms with Gasteiger partial charge in [-0.3, -0.25) is 4.79 Å². The van der Waals surface area contributed by atoms with Crippen LogP contribution in [0.3, 0.4) is 0 Å². The molecule has 1 aliphatic heterocycles. The van der Waals surface area contributed by atoms with Crippen LogP contribution in [0.25, 0.3) is 5.57 Å². The predicted octanol–water partition coefficient (Wildman–Crippen LogP) is 3.28. The Labute approximate surface area is 154 Å². The molecule has 26 heavy (non-hydrogen) atoms. The van der Waals surface area contributed by atoms with Gasteiger partial charge < -0.3 is 14.6 Å². The Morgan fingerprint density at radius 3 is 2.35 bits per heavy atom. The summed E-state index contributed by atoms with van der Waals surface area (Å²) in [5, 5.41) is 12.6. The minimum Gasteiger partial charge on any atom is -0.509 e. The van der Waals surface area contributed by atoms with Crippen LogP contribution in [0.4, 0.5) is 0 Å². The first-order chi connectivity index (χ1) is 12.5. The molecule has 1 fully saturated rings. The molecule has 1 aromatic carbocycles. The molecule has 142 valence electrons. The van der Waals surface area contributed by atoms with E-state index in [0.29, 0.717) is 18.4 Å². The third-order valence-corrected chi connectivity index (χ3v) is 5.59. The van der Waals surface area contributed by atoms with Crippen LogP contribution in [0.2, 0.25) is 0 Å². The van der Waals surface area contributed by atoms with Crippen LogP contribution in [-0.2, 0) is 19.1 Å². The fraction of sp³-hybridized carbons (Fsp3) is 0.550. The molecule has 3 rings (SSSR count). The second-order valence-corrected chi connectivity index (χ2v) is 7.09. The minimum atomic E-state index is -0.852. The van der Waals surface area contributed by atoms with E-state index in [1.807, 2.05) is 32.0 Å². The molecule has 0 bridgehead atoms. The van der Waals surface area contributed by atoms with E-state index >= 15 is 0 Å². The largest absolute Gasteiger partial charge is 0.509 e. The zero-order valence-electron chi connectivity index (χ0n) is 15.9. The first kappa shape index (κ1) is 18.9. The number of aliphatic hydroxyl groups is 1. The van der Waals surface area contributed by atoms with E-state index in [2.05, 4.69) is 0 Å². The molecular weight excluding hydrogens is 334 g/mol. The van der Waals surface area contributed by atoms with Gasteiger partial charge in [0.25, 0.3) is 5.91 Å². The molecular formula is C20H27NO5. The Balaban J connectivity index is 2.08.